The van der Waals surface area contributed by atoms with E-state index < -0.39 is 0 Å². The number of aromatic nitrogens is 2. The lowest BCUT2D eigenvalue weighted by molar-refractivity contribution is 0.0938. The molecular weight excluding hydrogens is 362 g/mol. The lowest BCUT2D eigenvalue weighted by atomic mass is 10.1. The first kappa shape index (κ1) is 19.0. The summed E-state index contributed by atoms with van der Waals surface area (Å²) in [6.07, 6.45) is 1.75. The molecule has 0 saturated carbocycles. The van der Waals surface area contributed by atoms with Crippen molar-refractivity contribution >= 4 is 17.5 Å². The van der Waals surface area contributed by atoms with Crippen molar-refractivity contribution in [2.45, 2.75) is 33.0 Å². The quantitative estimate of drug-likeness (QED) is 0.647. The molecule has 1 aromatic heterocycles. The van der Waals surface area contributed by atoms with E-state index in [1.165, 1.54) is 0 Å². The third-order valence-corrected chi connectivity index (χ3v) is 4.53. The second-order valence-corrected chi connectivity index (χ2v) is 6.64. The fourth-order valence-corrected chi connectivity index (χ4v) is 2.90. The molecule has 1 unspecified atom stereocenters. The van der Waals surface area contributed by atoms with E-state index >= 15 is 0 Å². The number of carbonyl (C=O) groups is 1. The van der Waals surface area contributed by atoms with Crippen LogP contribution in [0.1, 0.15) is 41.5 Å². The van der Waals surface area contributed by atoms with Crippen LogP contribution < -0.4 is 10.1 Å². The van der Waals surface area contributed by atoms with Gasteiger partial charge in [-0.1, -0.05) is 23.7 Å². The predicted molar refractivity (Wildman–Crippen MR) is 106 cm³/mol. The molecule has 2 aromatic carbocycles. The molecule has 0 aliphatic heterocycles. The van der Waals surface area contributed by atoms with Gasteiger partial charge in [0.25, 0.3) is 5.91 Å². The number of nitrogens with one attached hydrogen (secondary N) is 1. The average Bonchev–Trinajstić information content (AvgIpc) is 3.17. The lowest BCUT2D eigenvalue weighted by Gasteiger charge is -2.15. The number of hydrogen-bond donors (Lipinski definition) is 1. The zero-order valence-corrected chi connectivity index (χ0v) is 16.1. The predicted octanol–water partition coefficient (Wildman–Crippen LogP) is 4.63. The van der Waals surface area contributed by atoms with Gasteiger partial charge in [0.05, 0.1) is 11.7 Å². The van der Waals surface area contributed by atoms with Crippen LogP contribution >= 0.6 is 11.6 Å². The molecule has 0 spiro atoms. The molecule has 0 bridgehead atoms. The number of rotatable bonds is 7. The van der Waals surface area contributed by atoms with Crippen LogP contribution in [0.15, 0.2) is 60.8 Å². The number of amides is 1. The third kappa shape index (κ3) is 4.89. The van der Waals surface area contributed by atoms with Crippen LogP contribution in [-0.2, 0) is 13.2 Å². The van der Waals surface area contributed by atoms with E-state index in [4.69, 9.17) is 16.3 Å². The zero-order chi connectivity index (χ0) is 19.2. The van der Waals surface area contributed by atoms with Gasteiger partial charge >= 0.3 is 0 Å². The Morgan fingerprint density at radius 2 is 1.85 bits per heavy atom. The van der Waals surface area contributed by atoms with E-state index in [0.29, 0.717) is 17.2 Å². The van der Waals surface area contributed by atoms with Gasteiger partial charge in [-0.2, -0.15) is 5.10 Å². The molecule has 1 atom stereocenters. The average molecular weight is 384 g/mol. The van der Waals surface area contributed by atoms with E-state index in [-0.39, 0.29) is 11.9 Å². The molecule has 3 aromatic rings. The van der Waals surface area contributed by atoms with Crippen molar-refractivity contribution in [3.63, 3.8) is 0 Å². The second kappa shape index (κ2) is 8.73. The van der Waals surface area contributed by atoms with Crippen LogP contribution in [0, 0.1) is 0 Å². The van der Waals surface area contributed by atoms with Crippen molar-refractivity contribution in [2.75, 3.05) is 0 Å². The Morgan fingerprint density at radius 1 is 1.15 bits per heavy atom. The summed E-state index contributed by atoms with van der Waals surface area (Å²) in [6, 6.07) is 16.4. The number of aryl methyl sites for hydroxylation is 1. The topological polar surface area (TPSA) is 56.2 Å². The van der Waals surface area contributed by atoms with Gasteiger partial charge in [0.2, 0.25) is 0 Å². The number of halogens is 1. The van der Waals surface area contributed by atoms with Gasteiger partial charge in [-0.15, -0.1) is 0 Å². The van der Waals surface area contributed by atoms with E-state index in [1.54, 1.807) is 30.5 Å². The first-order valence-corrected chi connectivity index (χ1v) is 9.24. The standard InChI is InChI=1S/C21H22ClN3O2/c1-3-25-20(12-13-23-25)15(2)24-21(26)17-6-4-16(5-7-17)14-27-19-10-8-18(22)9-11-19/h4-13,15H,3,14H2,1-2H3,(H,24,26). The van der Waals surface area contributed by atoms with Crippen molar-refractivity contribution in [1.82, 2.24) is 15.1 Å². The fourth-order valence-electron chi connectivity index (χ4n) is 2.78. The van der Waals surface area contributed by atoms with Crippen molar-refractivity contribution in [3.05, 3.63) is 82.6 Å². The van der Waals surface area contributed by atoms with E-state index in [9.17, 15) is 4.79 Å². The summed E-state index contributed by atoms with van der Waals surface area (Å²) < 4.78 is 7.59. The van der Waals surface area contributed by atoms with Gasteiger partial charge in [-0.25, -0.2) is 0 Å². The maximum atomic E-state index is 12.5. The Morgan fingerprint density at radius 3 is 2.52 bits per heavy atom. The maximum Gasteiger partial charge on any atom is 0.251 e. The summed E-state index contributed by atoms with van der Waals surface area (Å²) in [4.78, 5) is 12.5. The van der Waals surface area contributed by atoms with Crippen molar-refractivity contribution in [3.8, 4) is 5.75 Å². The number of hydrogen-bond acceptors (Lipinski definition) is 3. The third-order valence-electron chi connectivity index (χ3n) is 4.28. The molecule has 1 heterocycles. The number of ether oxygens (including phenoxy) is 1. The number of carbonyl (C=O) groups excluding carboxylic acids is 1. The highest BCUT2D eigenvalue weighted by Gasteiger charge is 2.14. The molecule has 0 saturated heterocycles. The van der Waals surface area contributed by atoms with Crippen LogP contribution in [0.5, 0.6) is 5.75 Å². The van der Waals surface area contributed by atoms with E-state index in [2.05, 4.69) is 10.4 Å². The molecular formula is C21H22ClN3O2. The fraction of sp³-hybridized carbons (Fsp3) is 0.238. The minimum atomic E-state index is -0.118. The molecule has 5 nitrogen and oxygen atoms in total. The Bertz CT molecular complexity index is 889. The number of benzene rings is 2. The van der Waals surface area contributed by atoms with Crippen molar-refractivity contribution in [2.24, 2.45) is 0 Å². The van der Waals surface area contributed by atoms with Crippen LogP contribution in [0.4, 0.5) is 0 Å². The minimum Gasteiger partial charge on any atom is -0.489 e. The molecule has 3 rings (SSSR count). The lowest BCUT2D eigenvalue weighted by Crippen LogP contribution is -2.28. The van der Waals surface area contributed by atoms with Gasteiger partial charge in [0, 0.05) is 23.3 Å². The molecule has 0 aliphatic rings. The van der Waals surface area contributed by atoms with E-state index in [1.807, 2.05) is 48.9 Å². The zero-order valence-electron chi connectivity index (χ0n) is 15.4. The highest BCUT2D eigenvalue weighted by Crippen LogP contribution is 2.17. The monoisotopic (exact) mass is 383 g/mol. The SMILES string of the molecule is CCn1nccc1C(C)NC(=O)c1ccc(COc2ccc(Cl)cc2)cc1. The maximum absolute atomic E-state index is 12.5. The Hall–Kier alpha value is -2.79. The first-order chi connectivity index (χ1) is 13.1. The minimum absolute atomic E-state index is 0.114. The van der Waals surface area contributed by atoms with Crippen LogP contribution in [0.3, 0.4) is 0 Å². The van der Waals surface area contributed by atoms with Gasteiger partial charge in [-0.05, 0) is 61.9 Å². The summed E-state index contributed by atoms with van der Waals surface area (Å²) >= 11 is 5.86. The molecule has 1 N–H and O–H groups in total. The summed E-state index contributed by atoms with van der Waals surface area (Å²) in [5, 5.41) is 7.93. The smallest absolute Gasteiger partial charge is 0.251 e. The van der Waals surface area contributed by atoms with Gasteiger partial charge in [0.15, 0.2) is 0 Å². The first-order valence-electron chi connectivity index (χ1n) is 8.86. The Labute approximate surface area is 163 Å². The van der Waals surface area contributed by atoms with Crippen LogP contribution in [-0.4, -0.2) is 15.7 Å². The van der Waals surface area contributed by atoms with Crippen LogP contribution in [0.25, 0.3) is 0 Å². The molecule has 140 valence electrons. The molecule has 27 heavy (non-hydrogen) atoms. The highest BCUT2D eigenvalue weighted by molar-refractivity contribution is 6.30. The van der Waals surface area contributed by atoms with Crippen LogP contribution in [0.2, 0.25) is 5.02 Å². The molecule has 0 radical (unpaired) electrons. The highest BCUT2D eigenvalue weighted by atomic mass is 35.5. The molecule has 1 amide bonds. The van der Waals surface area contributed by atoms with Gasteiger partial charge in [-0.3, -0.25) is 9.48 Å². The molecule has 6 heteroatoms. The number of nitrogens with zero attached hydrogens (tertiary/aromatic N) is 2. The summed E-state index contributed by atoms with van der Waals surface area (Å²) in [6.45, 7) is 5.17. The second-order valence-electron chi connectivity index (χ2n) is 6.21. The van der Waals surface area contributed by atoms with Crippen molar-refractivity contribution in [1.29, 1.82) is 0 Å². The van der Waals surface area contributed by atoms with Gasteiger partial charge in [0.1, 0.15) is 12.4 Å². The summed E-state index contributed by atoms with van der Waals surface area (Å²) in [5.74, 6) is 0.638. The summed E-state index contributed by atoms with van der Waals surface area (Å²) in [5.41, 5.74) is 2.58. The Kier molecular flexibility index (Phi) is 6.14. The largest absolute Gasteiger partial charge is 0.489 e. The molecule has 0 fully saturated rings. The summed E-state index contributed by atoms with van der Waals surface area (Å²) in [7, 11) is 0. The van der Waals surface area contributed by atoms with Crippen molar-refractivity contribution < 1.29 is 9.53 Å². The van der Waals surface area contributed by atoms with Gasteiger partial charge < -0.3 is 10.1 Å². The van der Waals surface area contributed by atoms with E-state index in [0.717, 1.165) is 23.6 Å². The Balaban J connectivity index is 1.57. The normalized spacial score (nSPS) is 11.8. The molecule has 0 aliphatic carbocycles.